The van der Waals surface area contributed by atoms with Crippen LogP contribution in [0.25, 0.3) is 11.3 Å². The van der Waals surface area contributed by atoms with Gasteiger partial charge in [-0.1, -0.05) is 23.2 Å². The van der Waals surface area contributed by atoms with Crippen molar-refractivity contribution in [3.63, 3.8) is 0 Å². The molecular weight excluding hydrogens is 385 g/mol. The van der Waals surface area contributed by atoms with Crippen LogP contribution in [0.4, 0.5) is 14.5 Å². The zero-order valence-electron chi connectivity index (χ0n) is 13.2. The van der Waals surface area contributed by atoms with Crippen LogP contribution in [0.15, 0.2) is 47.0 Å². The first-order valence-electron chi connectivity index (χ1n) is 7.57. The average molecular weight is 397 g/mol. The third-order valence-electron chi connectivity index (χ3n) is 3.52. The third-order valence-corrected chi connectivity index (χ3v) is 4.07. The minimum atomic E-state index is -0.839. The lowest BCUT2D eigenvalue weighted by Crippen LogP contribution is -2.13. The monoisotopic (exact) mass is 396 g/mol. The number of carbonyl (C=O) groups excluding carboxylic acids is 1. The molecule has 0 spiro atoms. The van der Waals surface area contributed by atoms with Gasteiger partial charge >= 0.3 is 0 Å². The molecule has 134 valence electrons. The second kappa shape index (κ2) is 7.85. The van der Waals surface area contributed by atoms with Crippen LogP contribution in [0.2, 0.25) is 10.0 Å². The molecule has 1 amide bonds. The number of oxazole rings is 1. The van der Waals surface area contributed by atoms with Gasteiger partial charge in [0.2, 0.25) is 5.91 Å². The molecule has 8 heteroatoms. The highest BCUT2D eigenvalue weighted by Crippen LogP contribution is 2.30. The van der Waals surface area contributed by atoms with Crippen LogP contribution in [0.1, 0.15) is 12.3 Å². The summed E-state index contributed by atoms with van der Waals surface area (Å²) in [5.74, 6) is -1.21. The van der Waals surface area contributed by atoms with E-state index in [-0.39, 0.29) is 18.5 Å². The maximum atomic E-state index is 13.5. The SMILES string of the molecule is O=C(CCc1ncc(-c2ccc(Cl)cc2Cl)o1)Nc1ccc(F)cc1F. The Morgan fingerprint density at radius 1 is 1.15 bits per heavy atom. The zero-order valence-corrected chi connectivity index (χ0v) is 14.7. The molecule has 0 saturated heterocycles. The van der Waals surface area contributed by atoms with Gasteiger partial charge in [0.1, 0.15) is 11.6 Å². The molecule has 0 aliphatic carbocycles. The van der Waals surface area contributed by atoms with Gasteiger partial charge in [-0.3, -0.25) is 4.79 Å². The molecule has 3 aromatic rings. The Balaban J connectivity index is 1.61. The number of aromatic nitrogens is 1. The van der Waals surface area contributed by atoms with E-state index in [1.807, 2.05) is 0 Å². The normalized spacial score (nSPS) is 10.8. The van der Waals surface area contributed by atoms with E-state index in [9.17, 15) is 13.6 Å². The maximum Gasteiger partial charge on any atom is 0.224 e. The second-order valence-corrected chi connectivity index (χ2v) is 6.26. The summed E-state index contributed by atoms with van der Waals surface area (Å²) in [5, 5.41) is 3.30. The van der Waals surface area contributed by atoms with Crippen LogP contribution < -0.4 is 5.32 Å². The Morgan fingerprint density at radius 3 is 2.69 bits per heavy atom. The van der Waals surface area contributed by atoms with E-state index >= 15 is 0 Å². The van der Waals surface area contributed by atoms with Gasteiger partial charge in [0.15, 0.2) is 11.7 Å². The fourth-order valence-corrected chi connectivity index (χ4v) is 2.77. The Hall–Kier alpha value is -2.44. The van der Waals surface area contributed by atoms with Crippen molar-refractivity contribution in [1.29, 1.82) is 0 Å². The van der Waals surface area contributed by atoms with Crippen molar-refractivity contribution in [1.82, 2.24) is 4.98 Å². The Labute approximate surface area is 157 Å². The fraction of sp³-hybridized carbons (Fsp3) is 0.111. The maximum absolute atomic E-state index is 13.5. The summed E-state index contributed by atoms with van der Waals surface area (Å²) in [4.78, 5) is 16.0. The van der Waals surface area contributed by atoms with Crippen LogP contribution in [-0.2, 0) is 11.2 Å². The molecule has 1 heterocycles. The van der Waals surface area contributed by atoms with Gasteiger partial charge in [-0.2, -0.15) is 0 Å². The third kappa shape index (κ3) is 4.39. The quantitative estimate of drug-likeness (QED) is 0.619. The number of carbonyl (C=O) groups is 1. The first-order chi connectivity index (χ1) is 12.4. The summed E-state index contributed by atoms with van der Waals surface area (Å²) in [6.07, 6.45) is 1.73. The summed E-state index contributed by atoms with van der Waals surface area (Å²) >= 11 is 12.0. The molecule has 2 aromatic carbocycles. The van der Waals surface area contributed by atoms with Gasteiger partial charge in [0, 0.05) is 29.5 Å². The first-order valence-corrected chi connectivity index (χ1v) is 8.33. The van der Waals surface area contributed by atoms with E-state index in [2.05, 4.69) is 10.3 Å². The lowest BCUT2D eigenvalue weighted by atomic mass is 10.2. The number of benzene rings is 2. The minimum absolute atomic E-state index is 0.0190. The molecule has 0 bridgehead atoms. The number of hydrogen-bond donors (Lipinski definition) is 1. The highest BCUT2D eigenvalue weighted by molar-refractivity contribution is 6.36. The Bertz CT molecular complexity index is 960. The van der Waals surface area contributed by atoms with E-state index in [0.29, 0.717) is 33.3 Å². The number of hydrogen-bond acceptors (Lipinski definition) is 3. The molecule has 0 saturated carbocycles. The van der Waals surface area contributed by atoms with Crippen LogP contribution in [0, 0.1) is 11.6 Å². The van der Waals surface area contributed by atoms with Crippen LogP contribution in [0.5, 0.6) is 0 Å². The standard InChI is InChI=1S/C18H12Cl2F2N2O2/c19-10-1-3-12(13(20)7-10)16-9-23-18(26-16)6-5-17(25)24-15-4-2-11(21)8-14(15)22/h1-4,7-9H,5-6H2,(H,24,25). The molecule has 26 heavy (non-hydrogen) atoms. The Morgan fingerprint density at radius 2 is 1.96 bits per heavy atom. The van der Waals surface area contributed by atoms with Crippen LogP contribution >= 0.6 is 23.2 Å². The summed E-state index contributed by atoms with van der Waals surface area (Å²) in [6.45, 7) is 0. The molecule has 0 aliphatic heterocycles. The van der Waals surface area contributed by atoms with E-state index in [4.69, 9.17) is 27.6 Å². The molecule has 0 aliphatic rings. The summed E-state index contributed by atoms with van der Waals surface area (Å²) in [6, 6.07) is 7.90. The van der Waals surface area contributed by atoms with Crippen molar-refractivity contribution in [2.75, 3.05) is 5.32 Å². The van der Waals surface area contributed by atoms with Gasteiger partial charge < -0.3 is 9.73 Å². The van der Waals surface area contributed by atoms with Gasteiger partial charge in [-0.05, 0) is 30.3 Å². The van der Waals surface area contributed by atoms with Crippen LogP contribution in [0.3, 0.4) is 0 Å². The van der Waals surface area contributed by atoms with Crippen molar-refractivity contribution >= 4 is 34.8 Å². The largest absolute Gasteiger partial charge is 0.441 e. The topological polar surface area (TPSA) is 55.1 Å². The van der Waals surface area contributed by atoms with Gasteiger partial charge in [0.25, 0.3) is 0 Å². The highest BCUT2D eigenvalue weighted by atomic mass is 35.5. The van der Waals surface area contributed by atoms with Gasteiger partial charge in [-0.25, -0.2) is 13.8 Å². The van der Waals surface area contributed by atoms with E-state index in [1.54, 1.807) is 18.2 Å². The number of anilines is 1. The lowest BCUT2D eigenvalue weighted by Gasteiger charge is -2.05. The number of amides is 1. The summed E-state index contributed by atoms with van der Waals surface area (Å²) < 4.78 is 32.0. The Kier molecular flexibility index (Phi) is 5.54. The van der Waals surface area contributed by atoms with Crippen LogP contribution in [-0.4, -0.2) is 10.9 Å². The van der Waals surface area contributed by atoms with E-state index in [0.717, 1.165) is 12.1 Å². The van der Waals surface area contributed by atoms with E-state index < -0.39 is 17.5 Å². The zero-order chi connectivity index (χ0) is 18.7. The van der Waals surface area contributed by atoms with Crippen molar-refractivity contribution in [2.45, 2.75) is 12.8 Å². The smallest absolute Gasteiger partial charge is 0.224 e. The molecule has 4 nitrogen and oxygen atoms in total. The molecule has 0 fully saturated rings. The fourth-order valence-electron chi connectivity index (χ4n) is 2.26. The van der Waals surface area contributed by atoms with Crippen molar-refractivity contribution in [3.05, 3.63) is 70.2 Å². The number of nitrogens with zero attached hydrogens (tertiary/aromatic N) is 1. The molecule has 3 rings (SSSR count). The number of nitrogens with one attached hydrogen (secondary N) is 1. The van der Waals surface area contributed by atoms with Gasteiger partial charge in [-0.15, -0.1) is 0 Å². The first kappa shape index (κ1) is 18.4. The molecule has 0 radical (unpaired) electrons. The van der Waals surface area contributed by atoms with E-state index in [1.165, 1.54) is 6.20 Å². The molecule has 1 N–H and O–H groups in total. The average Bonchev–Trinajstić information content (AvgIpc) is 3.04. The predicted molar refractivity (Wildman–Crippen MR) is 95.3 cm³/mol. The molecular formula is C18H12Cl2F2N2O2. The van der Waals surface area contributed by atoms with Gasteiger partial charge in [0.05, 0.1) is 16.9 Å². The predicted octanol–water partition coefficient (Wildman–Crippen LogP) is 5.50. The number of halogens is 4. The lowest BCUT2D eigenvalue weighted by molar-refractivity contribution is -0.116. The highest BCUT2D eigenvalue weighted by Gasteiger charge is 2.13. The molecule has 0 unspecified atom stereocenters. The van der Waals surface area contributed by atoms with Crippen molar-refractivity contribution < 1.29 is 18.0 Å². The summed E-state index contributed by atoms with van der Waals surface area (Å²) in [7, 11) is 0. The molecule has 0 atom stereocenters. The van der Waals surface area contributed by atoms with Crippen molar-refractivity contribution in [3.8, 4) is 11.3 Å². The second-order valence-electron chi connectivity index (χ2n) is 5.41. The molecule has 1 aromatic heterocycles. The number of rotatable bonds is 5. The summed E-state index contributed by atoms with van der Waals surface area (Å²) in [5.41, 5.74) is 0.546. The number of aryl methyl sites for hydroxylation is 1. The minimum Gasteiger partial charge on any atom is -0.441 e. The van der Waals surface area contributed by atoms with Crippen molar-refractivity contribution in [2.24, 2.45) is 0 Å².